The van der Waals surface area contributed by atoms with Gasteiger partial charge in [0.1, 0.15) is 0 Å². The van der Waals surface area contributed by atoms with Gasteiger partial charge in [-0.15, -0.1) is 0 Å². The van der Waals surface area contributed by atoms with Crippen molar-refractivity contribution in [2.24, 2.45) is 0 Å². The molecule has 8 nitrogen and oxygen atoms in total. The van der Waals surface area contributed by atoms with Gasteiger partial charge in [-0.3, -0.25) is 10.1 Å². The second kappa shape index (κ2) is 7.94. The summed E-state index contributed by atoms with van der Waals surface area (Å²) in [5, 5.41) is 11.5. The van der Waals surface area contributed by atoms with E-state index in [1.54, 1.807) is 6.08 Å². The minimum absolute atomic E-state index is 0.0724. The van der Waals surface area contributed by atoms with Gasteiger partial charge < -0.3 is 9.47 Å². The van der Waals surface area contributed by atoms with Crippen molar-refractivity contribution in [3.63, 3.8) is 0 Å². The lowest BCUT2D eigenvalue weighted by molar-refractivity contribution is -0.385. The van der Waals surface area contributed by atoms with Crippen molar-refractivity contribution in [3.05, 3.63) is 51.1 Å². The van der Waals surface area contributed by atoms with E-state index in [2.05, 4.69) is 4.74 Å². The molecule has 1 aromatic rings. The Morgan fingerprint density at radius 1 is 1.33 bits per heavy atom. The second-order valence-corrected chi connectivity index (χ2v) is 6.53. The fraction of sp³-hybridized carbons (Fsp3) is 0.286. The molecule has 1 unspecified atom stereocenters. The van der Waals surface area contributed by atoms with Crippen molar-refractivity contribution in [2.45, 2.75) is 6.04 Å². The first-order valence-electron chi connectivity index (χ1n) is 6.65. The molecule has 128 valence electrons. The maximum atomic E-state index is 12.0. The van der Waals surface area contributed by atoms with Gasteiger partial charge in [-0.25, -0.2) is 13.9 Å². The second-order valence-electron chi connectivity index (χ2n) is 4.74. The summed E-state index contributed by atoms with van der Waals surface area (Å²) >= 11 is 2.04. The summed E-state index contributed by atoms with van der Waals surface area (Å²) in [6.45, 7) is 0.443. The third kappa shape index (κ3) is 3.54. The van der Waals surface area contributed by atoms with E-state index < -0.39 is 22.9 Å². The standard InChI is InChI=1S/C14H13IN2O6S/c1-22-13(18)8-3-4-9(11(7-8)17(20)21)12-10(14(19)23-2)5-6-16(12)24-15/h3-5,7,12H,6H2,1-2H3. The monoisotopic (exact) mass is 464 g/mol. The van der Waals surface area contributed by atoms with Crippen LogP contribution in [-0.2, 0) is 14.3 Å². The van der Waals surface area contributed by atoms with Gasteiger partial charge in [0, 0.05) is 33.8 Å². The summed E-state index contributed by atoms with van der Waals surface area (Å²) in [5.41, 5.74) is 0.458. The quantitative estimate of drug-likeness (QED) is 0.216. The average molecular weight is 464 g/mol. The van der Waals surface area contributed by atoms with Gasteiger partial charge in [-0.05, 0) is 21.3 Å². The number of hydrogen-bond donors (Lipinski definition) is 0. The lowest BCUT2D eigenvalue weighted by Gasteiger charge is -2.23. The summed E-state index contributed by atoms with van der Waals surface area (Å²) in [6.07, 6.45) is 1.68. The maximum Gasteiger partial charge on any atom is 0.338 e. The van der Waals surface area contributed by atoms with Crippen LogP contribution in [0.5, 0.6) is 0 Å². The van der Waals surface area contributed by atoms with Gasteiger partial charge in [-0.2, -0.15) is 0 Å². The predicted molar refractivity (Wildman–Crippen MR) is 95.6 cm³/mol. The van der Waals surface area contributed by atoms with Crippen LogP contribution in [0.1, 0.15) is 22.0 Å². The van der Waals surface area contributed by atoms with Crippen LogP contribution in [0.25, 0.3) is 0 Å². The number of halogens is 1. The van der Waals surface area contributed by atoms with Crippen LogP contribution in [0.3, 0.4) is 0 Å². The van der Waals surface area contributed by atoms with Gasteiger partial charge in [0.2, 0.25) is 0 Å². The van der Waals surface area contributed by atoms with Crippen LogP contribution in [0.4, 0.5) is 5.69 Å². The van der Waals surface area contributed by atoms with E-state index >= 15 is 0 Å². The van der Waals surface area contributed by atoms with E-state index in [4.69, 9.17) is 4.74 Å². The molecule has 0 saturated carbocycles. The van der Waals surface area contributed by atoms with E-state index in [1.165, 1.54) is 35.5 Å². The van der Waals surface area contributed by atoms with Gasteiger partial charge in [0.25, 0.3) is 5.69 Å². The van der Waals surface area contributed by atoms with Crippen molar-refractivity contribution >= 4 is 48.0 Å². The topological polar surface area (TPSA) is 99.0 Å². The van der Waals surface area contributed by atoms with Crippen LogP contribution in [0, 0.1) is 10.1 Å². The van der Waals surface area contributed by atoms with Crippen LogP contribution in [-0.4, -0.2) is 41.9 Å². The smallest absolute Gasteiger partial charge is 0.338 e. The SMILES string of the molecule is COC(=O)C1=CCN(SI)C1c1ccc(C(=O)OC)cc1[N+](=O)[O-]. The lowest BCUT2D eigenvalue weighted by atomic mass is 9.97. The first-order valence-corrected chi connectivity index (χ1v) is 9.96. The molecule has 0 fully saturated rings. The Morgan fingerprint density at radius 3 is 2.54 bits per heavy atom. The molecule has 1 aromatic carbocycles. The average Bonchev–Trinajstić information content (AvgIpc) is 3.03. The molecule has 0 aliphatic carbocycles. The highest BCUT2D eigenvalue weighted by Crippen LogP contribution is 2.43. The summed E-state index contributed by atoms with van der Waals surface area (Å²) in [7, 11) is 3.79. The zero-order valence-electron chi connectivity index (χ0n) is 12.7. The van der Waals surface area contributed by atoms with E-state index in [9.17, 15) is 19.7 Å². The number of nitro groups is 1. The molecule has 10 heteroatoms. The van der Waals surface area contributed by atoms with Crippen LogP contribution in [0.15, 0.2) is 29.8 Å². The first-order chi connectivity index (χ1) is 11.4. The van der Waals surface area contributed by atoms with Crippen LogP contribution < -0.4 is 0 Å². The molecule has 1 heterocycles. The number of benzene rings is 1. The summed E-state index contributed by atoms with van der Waals surface area (Å²) in [5.74, 6) is -1.21. The van der Waals surface area contributed by atoms with Crippen molar-refractivity contribution in [1.29, 1.82) is 0 Å². The number of hydrogen-bond acceptors (Lipinski definition) is 8. The molecule has 0 bridgehead atoms. The van der Waals surface area contributed by atoms with Crippen LogP contribution >= 0.6 is 30.3 Å². The molecule has 1 aliphatic heterocycles. The molecule has 0 saturated heterocycles. The molecule has 0 aromatic heterocycles. The summed E-state index contributed by atoms with van der Waals surface area (Å²) in [4.78, 5) is 34.5. The highest BCUT2D eigenvalue weighted by atomic mass is 127. The van der Waals surface area contributed by atoms with E-state index in [0.29, 0.717) is 17.7 Å². The number of rotatable bonds is 5. The fourth-order valence-electron chi connectivity index (χ4n) is 2.44. The molecular formula is C14H13IN2O6S. The van der Waals surface area contributed by atoms with Crippen molar-refractivity contribution in [1.82, 2.24) is 4.31 Å². The van der Waals surface area contributed by atoms with E-state index in [1.807, 2.05) is 25.5 Å². The number of carbonyl (C=O) groups is 2. The maximum absolute atomic E-state index is 12.0. The van der Waals surface area contributed by atoms with Crippen molar-refractivity contribution in [3.8, 4) is 0 Å². The molecule has 1 aliphatic rings. The zero-order chi connectivity index (χ0) is 17.9. The molecule has 0 N–H and O–H groups in total. The number of nitro benzene ring substituents is 1. The Kier molecular flexibility index (Phi) is 6.18. The highest BCUT2D eigenvalue weighted by Gasteiger charge is 2.38. The Labute approximate surface area is 154 Å². The predicted octanol–water partition coefficient (Wildman–Crippen LogP) is 2.84. The van der Waals surface area contributed by atoms with Gasteiger partial charge in [0.15, 0.2) is 0 Å². The Bertz CT molecular complexity index is 723. The van der Waals surface area contributed by atoms with Crippen LogP contribution in [0.2, 0.25) is 0 Å². The molecular weight excluding hydrogens is 451 g/mol. The third-order valence-electron chi connectivity index (χ3n) is 3.53. The molecule has 0 amide bonds. The number of methoxy groups -OCH3 is 2. The van der Waals surface area contributed by atoms with Crippen molar-refractivity contribution in [2.75, 3.05) is 20.8 Å². The number of ether oxygens (including phenoxy) is 2. The normalized spacial score (nSPS) is 17.3. The molecule has 2 rings (SSSR count). The molecule has 0 radical (unpaired) electrons. The zero-order valence-corrected chi connectivity index (χ0v) is 15.7. The summed E-state index contributed by atoms with van der Waals surface area (Å²) in [6, 6.07) is 3.44. The van der Waals surface area contributed by atoms with E-state index in [-0.39, 0.29) is 11.3 Å². The van der Waals surface area contributed by atoms with Gasteiger partial charge in [-0.1, -0.05) is 6.08 Å². The summed E-state index contributed by atoms with van der Waals surface area (Å²) < 4.78 is 11.2. The molecule has 1 atom stereocenters. The van der Waals surface area contributed by atoms with E-state index in [0.717, 1.165) is 6.07 Å². The number of nitrogens with zero attached hydrogens (tertiary/aromatic N) is 2. The third-order valence-corrected chi connectivity index (χ3v) is 5.58. The van der Waals surface area contributed by atoms with Gasteiger partial charge >= 0.3 is 11.9 Å². The highest BCUT2D eigenvalue weighted by molar-refractivity contribution is 14.2. The Hall–Kier alpha value is -1.66. The lowest BCUT2D eigenvalue weighted by Crippen LogP contribution is -2.21. The Balaban J connectivity index is 2.56. The minimum atomic E-state index is -0.667. The minimum Gasteiger partial charge on any atom is -0.466 e. The van der Waals surface area contributed by atoms with Gasteiger partial charge in [0.05, 0.1) is 41.9 Å². The molecule has 0 spiro atoms. The van der Waals surface area contributed by atoms with Crippen molar-refractivity contribution < 1.29 is 24.0 Å². The number of carbonyl (C=O) groups excluding carboxylic acids is 2. The number of esters is 2. The largest absolute Gasteiger partial charge is 0.466 e. The Morgan fingerprint density at radius 2 is 2.00 bits per heavy atom. The molecule has 24 heavy (non-hydrogen) atoms. The fourth-order valence-corrected chi connectivity index (χ4v) is 4.04. The first kappa shape index (κ1) is 18.7.